The number of hydrogen-bond acceptors (Lipinski definition) is 4. The molecule has 2 N–H and O–H groups in total. The van der Waals surface area contributed by atoms with Crippen LogP contribution in [-0.2, 0) is 12.8 Å². The number of aliphatic hydroxyl groups is 1. The second kappa shape index (κ2) is 13.9. The number of hydrogen-bond donors (Lipinski definition) is 2. The molecule has 4 atom stereocenters. The van der Waals surface area contributed by atoms with E-state index in [4.69, 9.17) is 4.74 Å². The van der Waals surface area contributed by atoms with Crippen molar-refractivity contribution in [2.45, 2.75) is 76.1 Å². The number of piperazine rings is 1. The molecule has 3 fully saturated rings. The third-order valence-corrected chi connectivity index (χ3v) is 8.60. The zero-order chi connectivity index (χ0) is 23.8. The molecule has 3 aliphatic heterocycles. The average Bonchev–Trinajstić information content (AvgIpc) is 3.24. The molecule has 5 nitrogen and oxygen atoms in total. The standard InChI is InChI=1S/C30H39N3O2.3H2S/c1-21-15-28-29(31-21)11-6-12-30(28)35-20-27(34)19-32-17-26-10-5-4-9-25(32)18-33(26)24-14-13-22-7-2-3-8-23(22)16-24;;;/h2-3,6-8,11-12,15,24-27,31,34H,4-5,9-10,13-14,16-20H2,1H3;3*1H2/t24?,25-,26-,27-;;;/m0.../s1. The maximum atomic E-state index is 11.0. The lowest BCUT2D eigenvalue weighted by atomic mass is 9.84. The van der Waals surface area contributed by atoms with Gasteiger partial charge < -0.3 is 14.8 Å². The van der Waals surface area contributed by atoms with E-state index in [9.17, 15) is 5.11 Å². The van der Waals surface area contributed by atoms with E-state index in [0.29, 0.717) is 31.3 Å². The molecule has 1 aliphatic carbocycles. The molecule has 0 amide bonds. The zero-order valence-corrected chi connectivity index (χ0v) is 25.5. The van der Waals surface area contributed by atoms with Crippen molar-refractivity contribution in [3.63, 3.8) is 0 Å². The number of H-pyrrole nitrogens is 1. The molecule has 4 heterocycles. The fourth-order valence-electron chi connectivity index (χ4n) is 6.86. The Labute approximate surface area is 248 Å². The summed E-state index contributed by atoms with van der Waals surface area (Å²) in [6.45, 7) is 5.31. The normalized spacial score (nSPS) is 24.2. The topological polar surface area (TPSA) is 51.7 Å². The van der Waals surface area contributed by atoms with Crippen LogP contribution in [0.2, 0.25) is 0 Å². The van der Waals surface area contributed by atoms with Gasteiger partial charge in [-0.15, -0.1) is 0 Å². The summed E-state index contributed by atoms with van der Waals surface area (Å²) in [6.07, 6.45) is 8.36. The number of aromatic amines is 1. The molecule has 0 radical (unpaired) electrons. The van der Waals surface area contributed by atoms with Gasteiger partial charge in [0.2, 0.25) is 0 Å². The lowest BCUT2D eigenvalue weighted by Gasteiger charge is -2.52. The molecule has 3 saturated heterocycles. The van der Waals surface area contributed by atoms with Gasteiger partial charge in [-0.1, -0.05) is 43.2 Å². The quantitative estimate of drug-likeness (QED) is 0.433. The maximum absolute atomic E-state index is 11.0. The van der Waals surface area contributed by atoms with E-state index in [1.54, 1.807) is 11.1 Å². The molecule has 1 unspecified atom stereocenters. The number of rotatable bonds is 6. The van der Waals surface area contributed by atoms with Crippen LogP contribution in [0.3, 0.4) is 0 Å². The number of aromatic nitrogens is 1. The van der Waals surface area contributed by atoms with Crippen molar-refractivity contribution < 1.29 is 9.84 Å². The van der Waals surface area contributed by atoms with Gasteiger partial charge in [-0.05, 0) is 68.4 Å². The zero-order valence-electron chi connectivity index (χ0n) is 22.5. The van der Waals surface area contributed by atoms with Gasteiger partial charge in [-0.2, -0.15) is 40.5 Å². The van der Waals surface area contributed by atoms with Gasteiger partial charge in [0.1, 0.15) is 18.5 Å². The van der Waals surface area contributed by atoms with Crippen molar-refractivity contribution in [3.05, 3.63) is 65.4 Å². The van der Waals surface area contributed by atoms with E-state index in [-0.39, 0.29) is 40.5 Å². The van der Waals surface area contributed by atoms with Gasteiger partial charge >= 0.3 is 0 Å². The number of fused-ring (bicyclic) bond motifs is 7. The SMILES string of the molecule is Cc1cc2c(OC[C@@H](O)CN3C[C@@H]4CCCC[C@H]3CN4C3CCc4ccccc4C3)cccc2[nH]1.S.S.S. The monoisotopic (exact) mass is 575 g/mol. The predicted molar refractivity (Wildman–Crippen MR) is 172 cm³/mol. The molecule has 38 heavy (non-hydrogen) atoms. The van der Waals surface area contributed by atoms with Crippen molar-refractivity contribution in [1.82, 2.24) is 14.8 Å². The highest BCUT2D eigenvalue weighted by molar-refractivity contribution is 7.59. The third kappa shape index (κ3) is 6.70. The Kier molecular flexibility index (Phi) is 11.4. The highest BCUT2D eigenvalue weighted by Crippen LogP contribution is 2.33. The van der Waals surface area contributed by atoms with E-state index in [2.05, 4.69) is 58.1 Å². The summed E-state index contributed by atoms with van der Waals surface area (Å²) in [5, 5.41) is 12.1. The molecule has 210 valence electrons. The number of ether oxygens (including phenoxy) is 1. The predicted octanol–water partition coefficient (Wildman–Crippen LogP) is 5.04. The van der Waals surface area contributed by atoms with Crippen LogP contribution in [0.15, 0.2) is 48.5 Å². The second-order valence-electron chi connectivity index (χ2n) is 11.0. The Balaban J connectivity index is 0.00000133. The van der Waals surface area contributed by atoms with Crippen LogP contribution in [0.5, 0.6) is 5.75 Å². The summed E-state index contributed by atoms with van der Waals surface area (Å²) in [7, 11) is 0. The molecular weight excluding hydrogens is 531 g/mol. The van der Waals surface area contributed by atoms with E-state index >= 15 is 0 Å². The van der Waals surface area contributed by atoms with Gasteiger partial charge in [0.05, 0.1) is 0 Å². The summed E-state index contributed by atoms with van der Waals surface area (Å²) in [5.41, 5.74) is 5.31. The number of benzene rings is 2. The van der Waals surface area contributed by atoms with Crippen LogP contribution in [0, 0.1) is 6.92 Å². The fourth-order valence-corrected chi connectivity index (χ4v) is 6.86. The number of aryl methyl sites for hydroxylation is 2. The third-order valence-electron chi connectivity index (χ3n) is 8.60. The molecule has 4 aliphatic rings. The van der Waals surface area contributed by atoms with E-state index in [1.807, 2.05) is 12.1 Å². The maximum Gasteiger partial charge on any atom is 0.128 e. The Bertz CT molecular complexity index is 1170. The Morgan fingerprint density at radius 1 is 0.921 bits per heavy atom. The number of nitrogens with one attached hydrogen (secondary N) is 1. The minimum atomic E-state index is -0.485. The van der Waals surface area contributed by atoms with Gasteiger partial charge in [0, 0.05) is 54.4 Å². The average molecular weight is 576 g/mol. The first-order valence-electron chi connectivity index (χ1n) is 13.6. The van der Waals surface area contributed by atoms with Crippen molar-refractivity contribution in [2.75, 3.05) is 26.2 Å². The van der Waals surface area contributed by atoms with Crippen LogP contribution < -0.4 is 4.74 Å². The first-order chi connectivity index (χ1) is 17.1. The second-order valence-corrected chi connectivity index (χ2v) is 11.0. The lowest BCUT2D eigenvalue weighted by Crippen LogP contribution is -2.63. The van der Waals surface area contributed by atoms with Crippen molar-refractivity contribution in [1.29, 1.82) is 0 Å². The van der Waals surface area contributed by atoms with Crippen LogP contribution in [0.4, 0.5) is 0 Å². The van der Waals surface area contributed by atoms with Crippen molar-refractivity contribution >= 4 is 51.4 Å². The molecule has 2 aromatic carbocycles. The van der Waals surface area contributed by atoms with Crippen LogP contribution >= 0.6 is 40.5 Å². The molecule has 8 heteroatoms. The van der Waals surface area contributed by atoms with Crippen LogP contribution in [-0.4, -0.2) is 70.4 Å². The molecule has 0 spiro atoms. The van der Waals surface area contributed by atoms with Gasteiger partial charge in [-0.3, -0.25) is 9.80 Å². The summed E-state index contributed by atoms with van der Waals surface area (Å²) in [4.78, 5) is 8.80. The highest BCUT2D eigenvalue weighted by Gasteiger charge is 2.39. The molecule has 3 aromatic rings. The first-order valence-corrected chi connectivity index (χ1v) is 13.6. The van der Waals surface area contributed by atoms with E-state index in [0.717, 1.165) is 35.4 Å². The summed E-state index contributed by atoms with van der Waals surface area (Å²) >= 11 is 0. The van der Waals surface area contributed by atoms with Crippen LogP contribution in [0.25, 0.3) is 10.9 Å². The van der Waals surface area contributed by atoms with Gasteiger partial charge in [-0.25, -0.2) is 0 Å². The summed E-state index contributed by atoms with van der Waals surface area (Å²) in [5.74, 6) is 0.851. The van der Waals surface area contributed by atoms with E-state index in [1.165, 1.54) is 44.9 Å². The summed E-state index contributed by atoms with van der Waals surface area (Å²) in [6, 6.07) is 19.0. The first kappa shape index (κ1) is 31.2. The highest BCUT2D eigenvalue weighted by atomic mass is 32.1. The largest absolute Gasteiger partial charge is 0.490 e. The number of aliphatic hydroxyl groups excluding tert-OH is 1. The molecular formula is C30H45N3O2S3. The molecule has 0 saturated carbocycles. The van der Waals surface area contributed by atoms with Crippen molar-refractivity contribution in [2.24, 2.45) is 0 Å². The van der Waals surface area contributed by atoms with Crippen molar-refractivity contribution in [3.8, 4) is 5.75 Å². The minimum absolute atomic E-state index is 0. The Morgan fingerprint density at radius 3 is 2.50 bits per heavy atom. The Hall–Kier alpha value is -1.29. The number of nitrogens with zero attached hydrogens (tertiary/aromatic N) is 2. The van der Waals surface area contributed by atoms with Gasteiger partial charge in [0.15, 0.2) is 0 Å². The lowest BCUT2D eigenvalue weighted by molar-refractivity contribution is -0.0405. The fraction of sp³-hybridized carbons (Fsp3) is 0.533. The molecule has 7 rings (SSSR count). The smallest absolute Gasteiger partial charge is 0.128 e. The van der Waals surface area contributed by atoms with E-state index < -0.39 is 6.10 Å². The summed E-state index contributed by atoms with van der Waals surface area (Å²) < 4.78 is 6.11. The van der Waals surface area contributed by atoms with Crippen LogP contribution in [0.1, 0.15) is 48.9 Å². The minimum Gasteiger partial charge on any atom is -0.490 e. The molecule has 1 aromatic heterocycles. The van der Waals surface area contributed by atoms with Gasteiger partial charge in [0.25, 0.3) is 0 Å². The molecule has 2 bridgehead atoms. The Morgan fingerprint density at radius 2 is 1.68 bits per heavy atom.